The Morgan fingerprint density at radius 2 is 2.09 bits per heavy atom. The molecule has 2 aromatic rings. The number of fused-ring (bicyclic) bond motifs is 1. The lowest BCUT2D eigenvalue weighted by atomic mass is 10.1. The average Bonchev–Trinajstić information content (AvgIpc) is 2.51. The highest BCUT2D eigenvalue weighted by atomic mass is 16.2. The van der Waals surface area contributed by atoms with Crippen molar-refractivity contribution >= 4 is 22.6 Å². The lowest BCUT2D eigenvalue weighted by molar-refractivity contribution is -0.130. The number of hydrogen-bond acceptors (Lipinski definition) is 3. The maximum atomic E-state index is 12.1. The van der Waals surface area contributed by atoms with Crippen molar-refractivity contribution in [2.45, 2.75) is 26.3 Å². The van der Waals surface area contributed by atoms with Crippen LogP contribution in [0.1, 0.15) is 25.3 Å². The van der Waals surface area contributed by atoms with Crippen LogP contribution in [-0.2, 0) is 16.1 Å². The second kappa shape index (κ2) is 7.54. The van der Waals surface area contributed by atoms with E-state index in [1.807, 2.05) is 30.5 Å². The standard InChI is InChI=1S/C17H21N3O2/c1-13(21)19-9-4-7-17(22)20(2)12-15-6-3-5-14-11-18-10-8-16(14)15/h3,5-6,8,10-11H,4,7,9,12H2,1-2H3,(H,19,21). The van der Waals surface area contributed by atoms with E-state index in [-0.39, 0.29) is 11.8 Å². The van der Waals surface area contributed by atoms with Crippen LogP contribution in [-0.4, -0.2) is 35.3 Å². The predicted molar refractivity (Wildman–Crippen MR) is 86.1 cm³/mol. The van der Waals surface area contributed by atoms with Gasteiger partial charge < -0.3 is 10.2 Å². The van der Waals surface area contributed by atoms with Crippen LogP contribution in [0.15, 0.2) is 36.7 Å². The van der Waals surface area contributed by atoms with Gasteiger partial charge in [-0.1, -0.05) is 18.2 Å². The van der Waals surface area contributed by atoms with E-state index in [2.05, 4.69) is 10.3 Å². The molecule has 1 aromatic carbocycles. The predicted octanol–water partition coefficient (Wildman–Crippen LogP) is 2.11. The van der Waals surface area contributed by atoms with Crippen molar-refractivity contribution in [2.75, 3.05) is 13.6 Å². The first kappa shape index (κ1) is 15.9. The monoisotopic (exact) mass is 299 g/mol. The number of benzene rings is 1. The van der Waals surface area contributed by atoms with Gasteiger partial charge in [0.2, 0.25) is 11.8 Å². The van der Waals surface area contributed by atoms with Gasteiger partial charge in [-0.2, -0.15) is 0 Å². The summed E-state index contributed by atoms with van der Waals surface area (Å²) in [6.45, 7) is 2.58. The summed E-state index contributed by atoms with van der Waals surface area (Å²) >= 11 is 0. The van der Waals surface area contributed by atoms with E-state index in [1.54, 1.807) is 18.1 Å². The number of rotatable bonds is 6. The largest absolute Gasteiger partial charge is 0.356 e. The fourth-order valence-corrected chi connectivity index (χ4v) is 2.37. The van der Waals surface area contributed by atoms with Gasteiger partial charge in [-0.25, -0.2) is 0 Å². The SMILES string of the molecule is CC(=O)NCCCC(=O)N(C)Cc1cccc2cnccc12. The summed E-state index contributed by atoms with van der Waals surface area (Å²) in [6.07, 6.45) is 4.68. The van der Waals surface area contributed by atoms with E-state index in [4.69, 9.17) is 0 Å². The molecule has 0 spiro atoms. The van der Waals surface area contributed by atoms with Crippen molar-refractivity contribution in [1.29, 1.82) is 0 Å². The summed E-state index contributed by atoms with van der Waals surface area (Å²) in [6, 6.07) is 8.00. The zero-order valence-corrected chi connectivity index (χ0v) is 13.0. The number of carbonyl (C=O) groups excluding carboxylic acids is 2. The summed E-state index contributed by atoms with van der Waals surface area (Å²) in [5.74, 6) is 0.0154. The van der Waals surface area contributed by atoms with E-state index in [9.17, 15) is 9.59 Å². The van der Waals surface area contributed by atoms with E-state index in [0.29, 0.717) is 25.9 Å². The Morgan fingerprint density at radius 1 is 1.27 bits per heavy atom. The number of aromatic nitrogens is 1. The Balaban J connectivity index is 1.94. The van der Waals surface area contributed by atoms with Gasteiger partial charge in [0, 0.05) is 51.3 Å². The van der Waals surface area contributed by atoms with Crippen molar-refractivity contribution < 1.29 is 9.59 Å². The minimum absolute atomic E-state index is 0.0647. The maximum absolute atomic E-state index is 12.1. The lowest BCUT2D eigenvalue weighted by Crippen LogP contribution is -2.28. The Kier molecular flexibility index (Phi) is 5.47. The van der Waals surface area contributed by atoms with Crippen LogP contribution in [0.4, 0.5) is 0 Å². The molecule has 0 aliphatic carbocycles. The zero-order valence-electron chi connectivity index (χ0n) is 13.0. The molecule has 22 heavy (non-hydrogen) atoms. The van der Waals surface area contributed by atoms with Gasteiger partial charge in [0.25, 0.3) is 0 Å². The molecule has 0 saturated heterocycles. The molecule has 2 rings (SSSR count). The van der Waals surface area contributed by atoms with Crippen molar-refractivity contribution in [1.82, 2.24) is 15.2 Å². The van der Waals surface area contributed by atoms with Crippen LogP contribution >= 0.6 is 0 Å². The van der Waals surface area contributed by atoms with Crippen LogP contribution in [0, 0.1) is 0 Å². The topological polar surface area (TPSA) is 62.3 Å². The molecule has 116 valence electrons. The van der Waals surface area contributed by atoms with Crippen LogP contribution in [0.25, 0.3) is 10.8 Å². The third-order valence-corrected chi connectivity index (χ3v) is 3.55. The summed E-state index contributed by atoms with van der Waals surface area (Å²) in [5, 5.41) is 4.89. The van der Waals surface area contributed by atoms with Gasteiger partial charge in [-0.3, -0.25) is 14.6 Å². The quantitative estimate of drug-likeness (QED) is 0.831. The molecule has 0 bridgehead atoms. The Morgan fingerprint density at radius 3 is 2.86 bits per heavy atom. The molecule has 0 aliphatic heterocycles. The fraction of sp³-hybridized carbons (Fsp3) is 0.353. The third-order valence-electron chi connectivity index (χ3n) is 3.55. The molecule has 2 amide bonds. The number of pyridine rings is 1. The highest BCUT2D eigenvalue weighted by Crippen LogP contribution is 2.18. The molecule has 0 unspecified atom stereocenters. The number of nitrogens with one attached hydrogen (secondary N) is 1. The molecule has 1 N–H and O–H groups in total. The second-order valence-corrected chi connectivity index (χ2v) is 5.35. The highest BCUT2D eigenvalue weighted by molar-refractivity contribution is 5.85. The molecule has 1 heterocycles. The third kappa shape index (κ3) is 4.28. The minimum Gasteiger partial charge on any atom is -0.356 e. The molecule has 0 aliphatic rings. The number of hydrogen-bond donors (Lipinski definition) is 1. The van der Waals surface area contributed by atoms with Crippen molar-refractivity contribution in [3.8, 4) is 0 Å². The molecular weight excluding hydrogens is 278 g/mol. The number of carbonyl (C=O) groups is 2. The smallest absolute Gasteiger partial charge is 0.222 e. The first-order chi connectivity index (χ1) is 10.6. The van der Waals surface area contributed by atoms with E-state index in [1.165, 1.54) is 6.92 Å². The van der Waals surface area contributed by atoms with Crippen LogP contribution in [0.5, 0.6) is 0 Å². The van der Waals surface area contributed by atoms with Crippen LogP contribution < -0.4 is 5.32 Å². The number of amides is 2. The van der Waals surface area contributed by atoms with E-state index < -0.39 is 0 Å². The molecule has 1 aromatic heterocycles. The van der Waals surface area contributed by atoms with Crippen molar-refractivity contribution in [3.05, 3.63) is 42.2 Å². The van der Waals surface area contributed by atoms with Gasteiger partial charge in [-0.15, -0.1) is 0 Å². The van der Waals surface area contributed by atoms with Gasteiger partial charge in [0.15, 0.2) is 0 Å². The van der Waals surface area contributed by atoms with Crippen LogP contribution in [0.3, 0.4) is 0 Å². The summed E-state index contributed by atoms with van der Waals surface area (Å²) in [4.78, 5) is 28.7. The molecule has 0 saturated carbocycles. The van der Waals surface area contributed by atoms with Gasteiger partial charge in [0.1, 0.15) is 0 Å². The van der Waals surface area contributed by atoms with Gasteiger partial charge >= 0.3 is 0 Å². The second-order valence-electron chi connectivity index (χ2n) is 5.35. The Hall–Kier alpha value is -2.43. The normalized spacial score (nSPS) is 10.5. The van der Waals surface area contributed by atoms with Gasteiger partial charge in [-0.05, 0) is 23.4 Å². The first-order valence-electron chi connectivity index (χ1n) is 7.38. The average molecular weight is 299 g/mol. The Bertz CT molecular complexity index is 665. The Labute approximate surface area is 130 Å². The summed E-state index contributed by atoms with van der Waals surface area (Å²) in [7, 11) is 1.81. The lowest BCUT2D eigenvalue weighted by Gasteiger charge is -2.18. The first-order valence-corrected chi connectivity index (χ1v) is 7.38. The van der Waals surface area contributed by atoms with Crippen LogP contribution in [0.2, 0.25) is 0 Å². The summed E-state index contributed by atoms with van der Waals surface area (Å²) in [5.41, 5.74) is 1.11. The van der Waals surface area contributed by atoms with Crippen molar-refractivity contribution in [3.63, 3.8) is 0 Å². The molecule has 0 fully saturated rings. The fourth-order valence-electron chi connectivity index (χ4n) is 2.37. The minimum atomic E-state index is -0.0647. The molecule has 0 radical (unpaired) electrons. The molecular formula is C17H21N3O2. The van der Waals surface area contributed by atoms with Crippen molar-refractivity contribution in [2.24, 2.45) is 0 Å². The van der Waals surface area contributed by atoms with E-state index in [0.717, 1.165) is 16.3 Å². The zero-order chi connectivity index (χ0) is 15.9. The summed E-state index contributed by atoms with van der Waals surface area (Å²) < 4.78 is 0. The molecule has 5 nitrogen and oxygen atoms in total. The van der Waals surface area contributed by atoms with E-state index >= 15 is 0 Å². The molecule has 0 atom stereocenters. The molecule has 5 heteroatoms. The van der Waals surface area contributed by atoms with Gasteiger partial charge in [0.05, 0.1) is 0 Å². The number of nitrogens with zero attached hydrogens (tertiary/aromatic N) is 2. The maximum Gasteiger partial charge on any atom is 0.222 e. The highest BCUT2D eigenvalue weighted by Gasteiger charge is 2.10.